The van der Waals surface area contributed by atoms with Gasteiger partial charge in [0.15, 0.2) is 0 Å². The van der Waals surface area contributed by atoms with E-state index in [0.717, 1.165) is 16.1 Å². The van der Waals surface area contributed by atoms with Crippen LogP contribution >= 0.6 is 15.9 Å². The monoisotopic (exact) mass is 303 g/mol. The van der Waals surface area contributed by atoms with Gasteiger partial charge in [-0.05, 0) is 51.4 Å². The van der Waals surface area contributed by atoms with Crippen LogP contribution in [0.1, 0.15) is 38.7 Å². The molecule has 4 heteroatoms. The molecule has 1 atom stereocenters. The maximum absolute atomic E-state index is 12.2. The van der Waals surface area contributed by atoms with Crippen LogP contribution in [-0.4, -0.2) is 4.98 Å². The summed E-state index contributed by atoms with van der Waals surface area (Å²) in [6.45, 7) is 6.13. The molecule has 0 aliphatic rings. The number of halogens is 3. The highest BCUT2D eigenvalue weighted by Crippen LogP contribution is 2.38. The molecule has 17 heavy (non-hydrogen) atoms. The first-order valence-electron chi connectivity index (χ1n) is 5.42. The Morgan fingerprint density at radius 3 is 2.53 bits per heavy atom. The first-order valence-corrected chi connectivity index (χ1v) is 6.21. The Labute approximate surface area is 109 Å². The normalized spacial score (nSPS) is 13.3. The van der Waals surface area contributed by atoms with Gasteiger partial charge in [0.2, 0.25) is 0 Å². The van der Waals surface area contributed by atoms with E-state index in [9.17, 15) is 8.78 Å². The maximum atomic E-state index is 12.2. The van der Waals surface area contributed by atoms with Crippen LogP contribution in [0.2, 0.25) is 0 Å². The number of rotatable bonds is 3. The van der Waals surface area contributed by atoms with Gasteiger partial charge in [0.05, 0.1) is 0 Å². The summed E-state index contributed by atoms with van der Waals surface area (Å²) in [6.07, 6.45) is 3.11. The summed E-state index contributed by atoms with van der Waals surface area (Å²) >= 11 is 3.35. The molecule has 0 bridgehead atoms. The number of hydrogen-bond acceptors (Lipinski definition) is 1. The Morgan fingerprint density at radius 2 is 2.06 bits per heavy atom. The Kier molecular flexibility index (Phi) is 4.80. The Morgan fingerprint density at radius 1 is 1.41 bits per heavy atom. The molecule has 0 N–H and O–H groups in total. The molecule has 0 fully saturated rings. The first-order chi connectivity index (χ1) is 7.80. The van der Waals surface area contributed by atoms with E-state index in [1.807, 2.05) is 26.8 Å². The van der Waals surface area contributed by atoms with Crippen LogP contribution in [0.15, 0.2) is 35.1 Å². The molecule has 1 aromatic rings. The molecular formula is C13H16BrF2N. The van der Waals surface area contributed by atoms with Gasteiger partial charge in [-0.3, -0.25) is 4.98 Å². The second-order valence-electron chi connectivity index (χ2n) is 5.08. The molecule has 1 rings (SSSR count). The number of hydrogen-bond donors (Lipinski definition) is 0. The molecule has 1 nitrogen and oxygen atoms in total. The molecule has 0 spiro atoms. The van der Waals surface area contributed by atoms with E-state index >= 15 is 0 Å². The first kappa shape index (κ1) is 14.3. The minimum Gasteiger partial charge on any atom is -0.263 e. The van der Waals surface area contributed by atoms with Crippen LogP contribution in [0.4, 0.5) is 8.78 Å². The smallest absolute Gasteiger partial charge is 0.263 e. The lowest BCUT2D eigenvalue weighted by Gasteiger charge is -2.30. The van der Waals surface area contributed by atoms with E-state index in [0.29, 0.717) is 6.42 Å². The molecule has 1 aromatic heterocycles. The predicted molar refractivity (Wildman–Crippen MR) is 69.0 cm³/mol. The van der Waals surface area contributed by atoms with Gasteiger partial charge in [0.1, 0.15) is 0 Å². The van der Waals surface area contributed by atoms with Gasteiger partial charge in [-0.15, -0.1) is 0 Å². The van der Waals surface area contributed by atoms with Crippen molar-refractivity contribution in [2.75, 3.05) is 0 Å². The van der Waals surface area contributed by atoms with E-state index in [1.54, 1.807) is 12.4 Å². The van der Waals surface area contributed by atoms with E-state index in [-0.39, 0.29) is 11.3 Å². The lowest BCUT2D eigenvalue weighted by Crippen LogP contribution is -2.18. The Balaban J connectivity index is 3.03. The zero-order valence-electron chi connectivity index (χ0n) is 10.2. The van der Waals surface area contributed by atoms with Crippen molar-refractivity contribution in [3.05, 3.63) is 40.7 Å². The zero-order chi connectivity index (χ0) is 13.1. The third-order valence-corrected chi connectivity index (χ3v) is 3.12. The Bertz CT molecular complexity index is 406. The minimum absolute atomic E-state index is 0.0222. The minimum atomic E-state index is -1.62. The van der Waals surface area contributed by atoms with Gasteiger partial charge in [-0.2, -0.15) is 8.78 Å². The summed E-state index contributed by atoms with van der Waals surface area (Å²) in [4.78, 5) is 4.09. The van der Waals surface area contributed by atoms with Crippen molar-refractivity contribution in [1.82, 2.24) is 4.98 Å². The van der Waals surface area contributed by atoms with Gasteiger partial charge in [-0.1, -0.05) is 20.8 Å². The summed E-state index contributed by atoms with van der Waals surface area (Å²) in [5.74, 6) is 0.0222. The number of nitrogens with zero attached hydrogens (tertiary/aromatic N) is 1. The van der Waals surface area contributed by atoms with Crippen LogP contribution < -0.4 is 0 Å². The fourth-order valence-electron chi connectivity index (χ4n) is 1.82. The van der Waals surface area contributed by atoms with Gasteiger partial charge in [0, 0.05) is 16.9 Å². The molecule has 0 radical (unpaired) electrons. The molecule has 0 aliphatic heterocycles. The topological polar surface area (TPSA) is 12.9 Å². The largest absolute Gasteiger partial charge is 0.266 e. The molecule has 0 amide bonds. The van der Waals surface area contributed by atoms with Crippen molar-refractivity contribution in [3.63, 3.8) is 0 Å². The van der Waals surface area contributed by atoms with Crippen molar-refractivity contribution < 1.29 is 8.78 Å². The average Bonchev–Trinajstić information content (AvgIpc) is 2.15. The van der Waals surface area contributed by atoms with Crippen LogP contribution in [0.5, 0.6) is 0 Å². The van der Waals surface area contributed by atoms with Gasteiger partial charge in [-0.25, -0.2) is 0 Å². The molecular weight excluding hydrogens is 288 g/mol. The van der Waals surface area contributed by atoms with E-state index < -0.39 is 6.08 Å². The molecule has 0 saturated carbocycles. The summed E-state index contributed by atoms with van der Waals surface area (Å²) in [5.41, 5.74) is 0.887. The third-order valence-electron chi connectivity index (χ3n) is 2.68. The van der Waals surface area contributed by atoms with E-state index in [4.69, 9.17) is 0 Å². The van der Waals surface area contributed by atoms with Gasteiger partial charge < -0.3 is 0 Å². The Hall–Kier alpha value is -0.770. The second-order valence-corrected chi connectivity index (χ2v) is 6.00. The quantitative estimate of drug-likeness (QED) is 0.753. The standard InChI is InChI=1S/C13H16BrF2N/c1-13(2,3)11(4-5-12(15)16)9-6-10(14)8-17-7-9/h5-8,11H,4H2,1-3H3. The van der Waals surface area contributed by atoms with Crippen LogP contribution in [0.3, 0.4) is 0 Å². The lowest BCUT2D eigenvalue weighted by atomic mass is 9.75. The van der Waals surface area contributed by atoms with E-state index in [2.05, 4.69) is 20.9 Å². The second kappa shape index (κ2) is 5.71. The van der Waals surface area contributed by atoms with Crippen molar-refractivity contribution in [1.29, 1.82) is 0 Å². The fourth-order valence-corrected chi connectivity index (χ4v) is 2.20. The molecule has 0 saturated heterocycles. The van der Waals surface area contributed by atoms with Gasteiger partial charge in [0.25, 0.3) is 6.08 Å². The fraction of sp³-hybridized carbons (Fsp3) is 0.462. The number of pyridine rings is 1. The van der Waals surface area contributed by atoms with Crippen molar-refractivity contribution >= 4 is 15.9 Å². The van der Waals surface area contributed by atoms with Gasteiger partial charge >= 0.3 is 0 Å². The summed E-state index contributed by atoms with van der Waals surface area (Å²) < 4.78 is 25.3. The van der Waals surface area contributed by atoms with Crippen molar-refractivity contribution in [2.24, 2.45) is 5.41 Å². The maximum Gasteiger partial charge on any atom is 0.266 e. The number of allylic oxidation sites excluding steroid dienone is 1. The lowest BCUT2D eigenvalue weighted by molar-refractivity contribution is 0.316. The number of aromatic nitrogens is 1. The van der Waals surface area contributed by atoms with Crippen molar-refractivity contribution in [3.8, 4) is 0 Å². The molecule has 0 aromatic carbocycles. The third kappa shape index (κ3) is 4.54. The van der Waals surface area contributed by atoms with Crippen LogP contribution in [-0.2, 0) is 0 Å². The molecule has 1 heterocycles. The highest BCUT2D eigenvalue weighted by atomic mass is 79.9. The van der Waals surface area contributed by atoms with E-state index in [1.165, 1.54) is 0 Å². The molecule has 0 aliphatic carbocycles. The van der Waals surface area contributed by atoms with Crippen LogP contribution in [0.25, 0.3) is 0 Å². The SMILES string of the molecule is CC(C)(C)C(CC=C(F)F)c1cncc(Br)c1. The van der Waals surface area contributed by atoms with Crippen LogP contribution in [0, 0.1) is 5.41 Å². The molecule has 94 valence electrons. The average molecular weight is 304 g/mol. The molecule has 1 unspecified atom stereocenters. The highest BCUT2D eigenvalue weighted by molar-refractivity contribution is 9.10. The zero-order valence-corrected chi connectivity index (χ0v) is 11.8. The summed E-state index contributed by atoms with van der Waals surface area (Å²) in [6, 6.07) is 1.94. The predicted octanol–water partition coefficient (Wildman–Crippen LogP) is 5.14. The highest BCUT2D eigenvalue weighted by Gasteiger charge is 2.26. The summed E-state index contributed by atoms with van der Waals surface area (Å²) in [5, 5.41) is 0. The summed E-state index contributed by atoms with van der Waals surface area (Å²) in [7, 11) is 0. The van der Waals surface area contributed by atoms with Crippen molar-refractivity contribution in [2.45, 2.75) is 33.1 Å².